The molecule has 5 atom stereocenters. The third-order valence-corrected chi connectivity index (χ3v) is 5.45. The van der Waals surface area contributed by atoms with Gasteiger partial charge in [-0.05, 0) is 62.1 Å². The van der Waals surface area contributed by atoms with Crippen LogP contribution in [0.25, 0.3) is 0 Å². The van der Waals surface area contributed by atoms with Crippen LogP contribution in [-0.2, 0) is 24.0 Å². The molecule has 0 aromatic heterocycles. The summed E-state index contributed by atoms with van der Waals surface area (Å²) in [6.07, 6.45) is 5.40. The molecular formula is C18H27NO. The van der Waals surface area contributed by atoms with E-state index in [4.69, 9.17) is 10.5 Å². The Bertz CT molecular complexity index is 484. The molecule has 1 saturated heterocycles. The van der Waals surface area contributed by atoms with E-state index in [1.807, 2.05) is 0 Å². The summed E-state index contributed by atoms with van der Waals surface area (Å²) in [5, 5.41) is 0. The first-order valence-electron chi connectivity index (χ1n) is 8.08. The fourth-order valence-corrected chi connectivity index (χ4v) is 4.19. The van der Waals surface area contributed by atoms with Crippen LogP contribution < -0.4 is 5.73 Å². The highest BCUT2D eigenvalue weighted by Gasteiger charge is 2.40. The SMILES string of the molecule is CC1OC(C)C(C(N)Cc2ccc3c(c2)CCC3)C1C. The number of aryl methyl sites for hydroxylation is 2. The Hall–Kier alpha value is -0.860. The van der Waals surface area contributed by atoms with E-state index >= 15 is 0 Å². The van der Waals surface area contributed by atoms with Gasteiger partial charge in [0.2, 0.25) is 0 Å². The van der Waals surface area contributed by atoms with Crippen molar-refractivity contribution in [1.29, 1.82) is 0 Å². The van der Waals surface area contributed by atoms with Crippen molar-refractivity contribution in [2.24, 2.45) is 17.6 Å². The van der Waals surface area contributed by atoms with E-state index in [0.29, 0.717) is 17.9 Å². The Balaban J connectivity index is 1.71. The van der Waals surface area contributed by atoms with Gasteiger partial charge in [-0.25, -0.2) is 0 Å². The molecule has 1 aromatic carbocycles. The van der Waals surface area contributed by atoms with E-state index in [2.05, 4.69) is 39.0 Å². The predicted molar refractivity (Wildman–Crippen MR) is 82.8 cm³/mol. The van der Waals surface area contributed by atoms with Crippen molar-refractivity contribution >= 4 is 0 Å². The van der Waals surface area contributed by atoms with Crippen molar-refractivity contribution in [2.45, 2.75) is 64.7 Å². The average Bonchev–Trinajstić information content (AvgIpc) is 2.94. The summed E-state index contributed by atoms with van der Waals surface area (Å²) < 4.78 is 5.94. The summed E-state index contributed by atoms with van der Waals surface area (Å²) in [6, 6.07) is 7.17. The summed E-state index contributed by atoms with van der Waals surface area (Å²) in [6.45, 7) is 6.62. The lowest BCUT2D eigenvalue weighted by Crippen LogP contribution is -2.39. The Morgan fingerprint density at radius 2 is 1.90 bits per heavy atom. The van der Waals surface area contributed by atoms with Crippen LogP contribution in [0.5, 0.6) is 0 Å². The topological polar surface area (TPSA) is 35.2 Å². The molecule has 0 spiro atoms. The van der Waals surface area contributed by atoms with Gasteiger partial charge in [0, 0.05) is 12.0 Å². The molecule has 110 valence electrons. The van der Waals surface area contributed by atoms with Crippen molar-refractivity contribution in [3.63, 3.8) is 0 Å². The van der Waals surface area contributed by atoms with Crippen LogP contribution in [-0.4, -0.2) is 18.2 Å². The van der Waals surface area contributed by atoms with Gasteiger partial charge in [0.05, 0.1) is 12.2 Å². The summed E-state index contributed by atoms with van der Waals surface area (Å²) in [5.41, 5.74) is 11.0. The second-order valence-electron chi connectivity index (χ2n) is 6.81. The smallest absolute Gasteiger partial charge is 0.0597 e. The first kappa shape index (κ1) is 14.1. The Morgan fingerprint density at radius 3 is 2.60 bits per heavy atom. The van der Waals surface area contributed by atoms with E-state index in [0.717, 1.165) is 6.42 Å². The summed E-state index contributed by atoms with van der Waals surface area (Å²) in [4.78, 5) is 0. The zero-order valence-corrected chi connectivity index (χ0v) is 12.9. The molecule has 3 rings (SSSR count). The normalized spacial score (nSPS) is 34.2. The van der Waals surface area contributed by atoms with E-state index in [1.165, 1.54) is 24.8 Å². The molecule has 1 aromatic rings. The number of fused-ring (bicyclic) bond motifs is 1. The zero-order chi connectivity index (χ0) is 14.3. The van der Waals surface area contributed by atoms with Gasteiger partial charge in [0.15, 0.2) is 0 Å². The number of benzene rings is 1. The van der Waals surface area contributed by atoms with Gasteiger partial charge < -0.3 is 10.5 Å². The van der Waals surface area contributed by atoms with Gasteiger partial charge in [-0.1, -0.05) is 25.1 Å². The van der Waals surface area contributed by atoms with Crippen molar-refractivity contribution in [2.75, 3.05) is 0 Å². The zero-order valence-electron chi connectivity index (χ0n) is 12.9. The Morgan fingerprint density at radius 1 is 1.15 bits per heavy atom. The lowest BCUT2D eigenvalue weighted by molar-refractivity contribution is 0.0490. The average molecular weight is 273 g/mol. The van der Waals surface area contributed by atoms with Gasteiger partial charge in [0.25, 0.3) is 0 Å². The fourth-order valence-electron chi connectivity index (χ4n) is 4.19. The number of hydrogen-bond acceptors (Lipinski definition) is 2. The number of rotatable bonds is 3. The molecule has 20 heavy (non-hydrogen) atoms. The van der Waals surface area contributed by atoms with Gasteiger partial charge >= 0.3 is 0 Å². The molecule has 0 saturated carbocycles. The quantitative estimate of drug-likeness (QED) is 0.918. The second kappa shape index (κ2) is 5.50. The molecular weight excluding hydrogens is 246 g/mol. The Kier molecular flexibility index (Phi) is 3.87. The fraction of sp³-hybridized carbons (Fsp3) is 0.667. The van der Waals surface area contributed by atoms with Crippen LogP contribution in [0.1, 0.15) is 43.9 Å². The second-order valence-corrected chi connectivity index (χ2v) is 6.81. The number of ether oxygens (including phenoxy) is 1. The van der Waals surface area contributed by atoms with Crippen LogP contribution in [0, 0.1) is 11.8 Å². The third-order valence-electron chi connectivity index (χ3n) is 5.45. The van der Waals surface area contributed by atoms with Crippen LogP contribution in [0.4, 0.5) is 0 Å². The van der Waals surface area contributed by atoms with Crippen molar-refractivity contribution in [3.05, 3.63) is 34.9 Å². The highest BCUT2D eigenvalue weighted by Crippen LogP contribution is 2.35. The van der Waals surface area contributed by atoms with Gasteiger partial charge in [-0.15, -0.1) is 0 Å². The van der Waals surface area contributed by atoms with Crippen LogP contribution in [0.15, 0.2) is 18.2 Å². The molecule has 0 amide bonds. The first-order valence-corrected chi connectivity index (χ1v) is 8.08. The van der Waals surface area contributed by atoms with Gasteiger partial charge in [-0.2, -0.15) is 0 Å². The largest absolute Gasteiger partial charge is 0.375 e. The van der Waals surface area contributed by atoms with Crippen molar-refractivity contribution in [3.8, 4) is 0 Å². The summed E-state index contributed by atoms with van der Waals surface area (Å²) >= 11 is 0. The highest BCUT2D eigenvalue weighted by molar-refractivity contribution is 5.35. The van der Waals surface area contributed by atoms with Crippen LogP contribution in [0.3, 0.4) is 0 Å². The number of hydrogen-bond donors (Lipinski definition) is 1. The molecule has 2 N–H and O–H groups in total. The molecule has 2 nitrogen and oxygen atoms in total. The van der Waals surface area contributed by atoms with E-state index in [9.17, 15) is 0 Å². The molecule has 2 aliphatic rings. The monoisotopic (exact) mass is 273 g/mol. The molecule has 0 radical (unpaired) electrons. The third kappa shape index (κ3) is 2.51. The molecule has 1 aliphatic carbocycles. The predicted octanol–water partition coefficient (Wildman–Crippen LogP) is 3.10. The summed E-state index contributed by atoms with van der Waals surface area (Å²) in [7, 11) is 0. The lowest BCUT2D eigenvalue weighted by atomic mass is 9.81. The van der Waals surface area contributed by atoms with Crippen LogP contribution in [0.2, 0.25) is 0 Å². The molecule has 1 heterocycles. The van der Waals surface area contributed by atoms with Crippen molar-refractivity contribution < 1.29 is 4.74 Å². The van der Waals surface area contributed by atoms with Gasteiger partial charge in [-0.3, -0.25) is 0 Å². The maximum Gasteiger partial charge on any atom is 0.0597 e. The standard InChI is InChI=1S/C18H27NO/c1-11-12(2)20-13(3)18(11)17(19)10-14-7-8-15-5-4-6-16(15)9-14/h7-9,11-13,17-18H,4-6,10,19H2,1-3H3. The molecule has 1 fully saturated rings. The molecule has 0 bridgehead atoms. The first-order chi connectivity index (χ1) is 9.56. The lowest BCUT2D eigenvalue weighted by Gasteiger charge is -2.26. The minimum Gasteiger partial charge on any atom is -0.375 e. The maximum atomic E-state index is 6.52. The minimum atomic E-state index is 0.199. The molecule has 1 aliphatic heterocycles. The van der Waals surface area contributed by atoms with Gasteiger partial charge in [0.1, 0.15) is 0 Å². The van der Waals surface area contributed by atoms with Crippen LogP contribution >= 0.6 is 0 Å². The minimum absolute atomic E-state index is 0.199. The van der Waals surface area contributed by atoms with Crippen molar-refractivity contribution in [1.82, 2.24) is 0 Å². The molecule has 5 unspecified atom stereocenters. The maximum absolute atomic E-state index is 6.52. The van der Waals surface area contributed by atoms with E-state index in [1.54, 1.807) is 11.1 Å². The highest BCUT2D eigenvalue weighted by atomic mass is 16.5. The number of nitrogens with two attached hydrogens (primary N) is 1. The van der Waals surface area contributed by atoms with E-state index in [-0.39, 0.29) is 12.1 Å². The van der Waals surface area contributed by atoms with E-state index < -0.39 is 0 Å². The molecule has 2 heteroatoms. The Labute approximate surface area is 122 Å². The summed E-state index contributed by atoms with van der Waals surface area (Å²) in [5.74, 6) is 1.02.